The molecule has 4 rings (SSSR count). The van der Waals surface area contributed by atoms with Gasteiger partial charge in [0.1, 0.15) is 17.6 Å². The fourth-order valence-corrected chi connectivity index (χ4v) is 6.38. The van der Waals surface area contributed by atoms with Gasteiger partial charge < -0.3 is 14.5 Å². The molecule has 0 bridgehead atoms. The normalized spacial score (nSPS) is 16.0. The SMILES string of the molecule is CCCC(=O)c1cc(C#N)c(N2CCC(C(=O)NS(=O)(=O)Cc3ccc(OC)cc3)CC2)nc1CN1CCCC1=O. The van der Waals surface area contributed by atoms with Crippen molar-refractivity contribution in [3.63, 3.8) is 0 Å². The number of ketones is 1. The lowest BCUT2D eigenvalue weighted by molar-refractivity contribution is -0.128. The molecule has 218 valence electrons. The Labute approximate surface area is 240 Å². The van der Waals surface area contributed by atoms with Crippen molar-refractivity contribution in [2.75, 3.05) is 31.6 Å². The van der Waals surface area contributed by atoms with Crippen LogP contribution in [0.3, 0.4) is 0 Å². The predicted octanol–water partition coefficient (Wildman–Crippen LogP) is 2.93. The summed E-state index contributed by atoms with van der Waals surface area (Å²) in [6.07, 6.45) is 2.92. The van der Waals surface area contributed by atoms with E-state index in [1.54, 1.807) is 35.2 Å². The first kappa shape index (κ1) is 30.0. The molecule has 2 fully saturated rings. The van der Waals surface area contributed by atoms with Crippen LogP contribution in [-0.2, 0) is 31.9 Å². The Hall–Kier alpha value is -3.98. The number of Topliss-reactive ketones (excluding diaryl/α,β-unsaturated/α-hetero) is 1. The topological polar surface area (TPSA) is 150 Å². The first-order valence-corrected chi connectivity index (χ1v) is 15.5. The number of aromatic nitrogens is 1. The van der Waals surface area contributed by atoms with E-state index < -0.39 is 21.8 Å². The van der Waals surface area contributed by atoms with E-state index in [9.17, 15) is 28.1 Å². The Kier molecular flexibility index (Phi) is 9.60. The molecule has 11 nitrogen and oxygen atoms in total. The molecule has 0 atom stereocenters. The second-order valence-corrected chi connectivity index (χ2v) is 12.1. The molecule has 0 saturated carbocycles. The molecule has 12 heteroatoms. The molecule has 2 aromatic rings. The van der Waals surface area contributed by atoms with Crippen LogP contribution in [0.2, 0.25) is 0 Å². The molecule has 0 aliphatic carbocycles. The van der Waals surface area contributed by atoms with E-state index in [1.807, 2.05) is 11.8 Å². The number of piperidine rings is 1. The number of nitrogens with one attached hydrogen (secondary N) is 1. The number of nitriles is 1. The zero-order valence-electron chi connectivity index (χ0n) is 23.4. The number of ether oxygens (including phenoxy) is 1. The minimum Gasteiger partial charge on any atom is -0.497 e. The van der Waals surface area contributed by atoms with Gasteiger partial charge in [-0.2, -0.15) is 5.26 Å². The number of hydrogen-bond acceptors (Lipinski definition) is 9. The lowest BCUT2D eigenvalue weighted by Crippen LogP contribution is -2.43. The third-order valence-electron chi connectivity index (χ3n) is 7.43. The standard InChI is InChI=1S/C29H35N5O6S/c1-3-5-26(35)24-16-22(17-30)28(31-25(24)18-34-13-4-6-27(34)36)33-14-11-21(12-15-33)29(37)32-41(38,39)19-20-7-9-23(40-2)10-8-20/h7-10,16,21H,3-6,11-15,18-19H2,1-2H3,(H,32,37). The first-order chi connectivity index (χ1) is 19.6. The van der Waals surface area contributed by atoms with Crippen molar-refractivity contribution < 1.29 is 27.5 Å². The highest BCUT2D eigenvalue weighted by molar-refractivity contribution is 7.89. The molecule has 2 aliphatic heterocycles. The Morgan fingerprint density at radius 2 is 1.88 bits per heavy atom. The van der Waals surface area contributed by atoms with Crippen LogP contribution in [-0.4, -0.2) is 62.6 Å². The Morgan fingerprint density at radius 3 is 2.46 bits per heavy atom. The first-order valence-electron chi connectivity index (χ1n) is 13.8. The summed E-state index contributed by atoms with van der Waals surface area (Å²) in [5, 5.41) is 9.89. The third-order valence-corrected chi connectivity index (χ3v) is 8.65. The average Bonchev–Trinajstić information content (AvgIpc) is 3.36. The second-order valence-electron chi connectivity index (χ2n) is 10.4. The number of benzene rings is 1. The maximum atomic E-state index is 12.9. The maximum absolute atomic E-state index is 12.9. The largest absolute Gasteiger partial charge is 0.497 e. The number of carbonyl (C=O) groups excluding carboxylic acids is 3. The number of likely N-dealkylation sites (tertiary alicyclic amines) is 1. The zero-order valence-corrected chi connectivity index (χ0v) is 24.2. The van der Waals surface area contributed by atoms with Crippen LogP contribution in [0.1, 0.15) is 72.6 Å². The van der Waals surface area contributed by atoms with Crippen LogP contribution in [0, 0.1) is 17.2 Å². The summed E-state index contributed by atoms with van der Waals surface area (Å²) in [4.78, 5) is 46.3. The Morgan fingerprint density at radius 1 is 1.17 bits per heavy atom. The molecule has 1 N–H and O–H groups in total. The van der Waals surface area contributed by atoms with Crippen LogP contribution >= 0.6 is 0 Å². The summed E-state index contributed by atoms with van der Waals surface area (Å²) in [6.45, 7) is 3.46. The van der Waals surface area contributed by atoms with Crippen molar-refractivity contribution in [1.82, 2.24) is 14.6 Å². The van der Waals surface area contributed by atoms with Crippen molar-refractivity contribution >= 4 is 33.4 Å². The van der Waals surface area contributed by atoms with E-state index in [-0.39, 0.29) is 29.6 Å². The van der Waals surface area contributed by atoms with Crippen molar-refractivity contribution in [1.29, 1.82) is 5.26 Å². The quantitative estimate of drug-likeness (QED) is 0.395. The van der Waals surface area contributed by atoms with Gasteiger partial charge in [0.05, 0.1) is 30.7 Å². The van der Waals surface area contributed by atoms with Gasteiger partial charge in [-0.15, -0.1) is 0 Å². The van der Waals surface area contributed by atoms with Crippen LogP contribution in [0.5, 0.6) is 5.75 Å². The minimum absolute atomic E-state index is 0.0142. The van der Waals surface area contributed by atoms with Crippen LogP contribution in [0.25, 0.3) is 0 Å². The maximum Gasteiger partial charge on any atom is 0.239 e. The molecular weight excluding hydrogens is 546 g/mol. The molecular formula is C29H35N5O6S. The summed E-state index contributed by atoms with van der Waals surface area (Å²) in [7, 11) is -2.37. The number of carbonyl (C=O) groups is 3. The second kappa shape index (κ2) is 13.1. The number of pyridine rings is 1. The molecule has 0 spiro atoms. The highest BCUT2D eigenvalue weighted by Crippen LogP contribution is 2.29. The third kappa shape index (κ3) is 7.41. The highest BCUT2D eigenvalue weighted by Gasteiger charge is 2.31. The Bertz CT molecular complexity index is 1440. The number of sulfonamides is 1. The summed E-state index contributed by atoms with van der Waals surface area (Å²) in [5.41, 5.74) is 1.62. The van der Waals surface area contributed by atoms with E-state index in [4.69, 9.17) is 9.72 Å². The molecule has 2 aliphatic rings. The highest BCUT2D eigenvalue weighted by atomic mass is 32.2. The fourth-order valence-electron chi connectivity index (χ4n) is 5.21. The monoisotopic (exact) mass is 581 g/mol. The van der Waals surface area contributed by atoms with Gasteiger partial charge in [0.2, 0.25) is 21.8 Å². The van der Waals surface area contributed by atoms with Gasteiger partial charge in [0.15, 0.2) is 5.78 Å². The minimum atomic E-state index is -3.89. The van der Waals surface area contributed by atoms with Gasteiger partial charge in [0, 0.05) is 44.0 Å². The summed E-state index contributed by atoms with van der Waals surface area (Å²) in [5.74, 6) is -0.489. The number of amides is 2. The molecule has 1 aromatic heterocycles. The van der Waals surface area contributed by atoms with Crippen molar-refractivity contribution in [2.45, 2.75) is 57.7 Å². The zero-order chi connectivity index (χ0) is 29.6. The fraction of sp³-hybridized carbons (Fsp3) is 0.483. The van der Waals surface area contributed by atoms with Gasteiger partial charge >= 0.3 is 0 Å². The summed E-state index contributed by atoms with van der Waals surface area (Å²) >= 11 is 0. The lowest BCUT2D eigenvalue weighted by atomic mass is 9.95. The molecule has 0 unspecified atom stereocenters. The summed E-state index contributed by atoms with van der Waals surface area (Å²) in [6, 6.07) is 10.3. The Balaban J connectivity index is 1.45. The van der Waals surface area contributed by atoms with Gasteiger partial charge in [-0.3, -0.25) is 19.1 Å². The van der Waals surface area contributed by atoms with Crippen LogP contribution in [0.4, 0.5) is 5.82 Å². The molecule has 1 aromatic carbocycles. The van der Waals surface area contributed by atoms with E-state index in [0.717, 1.165) is 6.42 Å². The predicted molar refractivity (Wildman–Crippen MR) is 152 cm³/mol. The van der Waals surface area contributed by atoms with Crippen molar-refractivity contribution in [3.05, 3.63) is 52.7 Å². The number of hydrogen-bond donors (Lipinski definition) is 1. The molecule has 3 heterocycles. The summed E-state index contributed by atoms with van der Waals surface area (Å²) < 4.78 is 32.6. The molecule has 0 radical (unpaired) electrons. The van der Waals surface area contributed by atoms with Crippen LogP contribution < -0.4 is 14.4 Å². The average molecular weight is 582 g/mol. The van der Waals surface area contributed by atoms with E-state index in [1.165, 1.54) is 7.11 Å². The van der Waals surface area contributed by atoms with E-state index in [2.05, 4.69) is 10.8 Å². The number of anilines is 1. The smallest absolute Gasteiger partial charge is 0.239 e. The molecule has 2 amide bonds. The van der Waals surface area contributed by atoms with Crippen LogP contribution in [0.15, 0.2) is 30.3 Å². The number of rotatable bonds is 11. The van der Waals surface area contributed by atoms with Gasteiger partial charge in [-0.1, -0.05) is 19.1 Å². The molecule has 2 saturated heterocycles. The van der Waals surface area contributed by atoms with Gasteiger partial charge in [0.25, 0.3) is 0 Å². The van der Waals surface area contributed by atoms with E-state index in [0.29, 0.717) is 80.1 Å². The lowest BCUT2D eigenvalue weighted by Gasteiger charge is -2.33. The van der Waals surface area contributed by atoms with Gasteiger partial charge in [-0.25, -0.2) is 13.4 Å². The molecule has 41 heavy (non-hydrogen) atoms. The van der Waals surface area contributed by atoms with Gasteiger partial charge in [-0.05, 0) is 49.4 Å². The van der Waals surface area contributed by atoms with E-state index >= 15 is 0 Å². The van der Waals surface area contributed by atoms with Crippen molar-refractivity contribution in [3.8, 4) is 11.8 Å². The number of methoxy groups -OCH3 is 1. The number of nitrogens with zero attached hydrogens (tertiary/aromatic N) is 4. The van der Waals surface area contributed by atoms with Crippen molar-refractivity contribution in [2.24, 2.45) is 5.92 Å².